The Morgan fingerprint density at radius 1 is 1.29 bits per heavy atom. The van der Waals surface area contributed by atoms with Gasteiger partial charge in [0.1, 0.15) is 11.6 Å². The van der Waals surface area contributed by atoms with E-state index in [1.165, 1.54) is 6.07 Å². The van der Waals surface area contributed by atoms with E-state index in [-0.39, 0.29) is 17.6 Å². The van der Waals surface area contributed by atoms with Gasteiger partial charge in [-0.25, -0.2) is 14.4 Å². The van der Waals surface area contributed by atoms with Gasteiger partial charge in [0.2, 0.25) is 5.91 Å². The van der Waals surface area contributed by atoms with E-state index in [1.54, 1.807) is 24.4 Å². The number of benzene rings is 1. The number of carbonyl (C=O) groups is 1. The van der Waals surface area contributed by atoms with Gasteiger partial charge in [0, 0.05) is 36.5 Å². The van der Waals surface area contributed by atoms with Crippen LogP contribution < -0.4 is 0 Å². The summed E-state index contributed by atoms with van der Waals surface area (Å²) < 4.78 is 14.2. The SMILES string of the molecule is Cc1ccnc(C2CCN(C(=O)C3(c4ccccc4F)CC3)C2)n1. The number of hydrogen-bond acceptors (Lipinski definition) is 3. The molecule has 1 saturated carbocycles. The zero-order valence-corrected chi connectivity index (χ0v) is 13.7. The van der Waals surface area contributed by atoms with Gasteiger partial charge in [0.15, 0.2) is 0 Å². The summed E-state index contributed by atoms with van der Waals surface area (Å²) in [5, 5.41) is 0. The lowest BCUT2D eigenvalue weighted by atomic mass is 9.94. The Labute approximate surface area is 140 Å². The molecule has 1 unspecified atom stereocenters. The summed E-state index contributed by atoms with van der Waals surface area (Å²) in [6, 6.07) is 8.53. The summed E-state index contributed by atoms with van der Waals surface area (Å²) in [5.41, 5.74) is 0.841. The summed E-state index contributed by atoms with van der Waals surface area (Å²) in [4.78, 5) is 23.8. The van der Waals surface area contributed by atoms with E-state index < -0.39 is 5.41 Å². The van der Waals surface area contributed by atoms with Gasteiger partial charge in [-0.15, -0.1) is 0 Å². The van der Waals surface area contributed by atoms with Crippen molar-refractivity contribution in [3.05, 3.63) is 59.4 Å². The Morgan fingerprint density at radius 3 is 2.79 bits per heavy atom. The highest BCUT2D eigenvalue weighted by molar-refractivity contribution is 5.91. The molecule has 2 fully saturated rings. The Kier molecular flexibility index (Phi) is 3.59. The lowest BCUT2D eigenvalue weighted by Crippen LogP contribution is -2.38. The van der Waals surface area contributed by atoms with E-state index in [0.717, 1.165) is 30.8 Å². The second-order valence-electron chi connectivity index (χ2n) is 6.85. The first-order valence-electron chi connectivity index (χ1n) is 8.44. The molecule has 1 aliphatic carbocycles. The Hall–Kier alpha value is -2.30. The number of aromatic nitrogens is 2. The topological polar surface area (TPSA) is 46.1 Å². The summed E-state index contributed by atoms with van der Waals surface area (Å²) in [6.45, 7) is 3.26. The molecule has 2 aliphatic rings. The van der Waals surface area contributed by atoms with Gasteiger partial charge in [-0.3, -0.25) is 4.79 Å². The van der Waals surface area contributed by atoms with Crippen LogP contribution in [0.25, 0.3) is 0 Å². The molecule has 1 amide bonds. The van der Waals surface area contributed by atoms with Crippen molar-refractivity contribution < 1.29 is 9.18 Å². The number of rotatable bonds is 3. The average molecular weight is 325 g/mol. The standard InChI is InChI=1S/C19H20FN3O/c1-13-6-10-21-17(22-13)14-7-11-23(12-14)18(24)19(8-9-19)15-4-2-3-5-16(15)20/h2-6,10,14H,7-9,11-12H2,1H3. The van der Waals surface area contributed by atoms with E-state index >= 15 is 0 Å². The second kappa shape index (κ2) is 5.65. The zero-order chi connectivity index (χ0) is 16.7. The molecule has 5 heteroatoms. The molecule has 4 nitrogen and oxygen atoms in total. The number of aryl methyl sites for hydroxylation is 1. The normalized spacial score (nSPS) is 21.8. The van der Waals surface area contributed by atoms with Crippen molar-refractivity contribution in [1.82, 2.24) is 14.9 Å². The average Bonchev–Trinajstić information content (AvgIpc) is 3.23. The molecule has 1 aromatic carbocycles. The highest BCUT2D eigenvalue weighted by atomic mass is 19.1. The Bertz CT molecular complexity index is 788. The molecule has 1 saturated heterocycles. The predicted molar refractivity (Wildman–Crippen MR) is 88.0 cm³/mol. The van der Waals surface area contributed by atoms with Crippen LogP contribution in [-0.2, 0) is 10.2 Å². The van der Waals surface area contributed by atoms with Crippen molar-refractivity contribution in [2.45, 2.75) is 37.5 Å². The highest BCUT2D eigenvalue weighted by Gasteiger charge is 2.55. The second-order valence-corrected chi connectivity index (χ2v) is 6.85. The molecule has 2 aromatic rings. The molecule has 0 N–H and O–H groups in total. The van der Waals surface area contributed by atoms with Crippen LogP contribution >= 0.6 is 0 Å². The third kappa shape index (κ3) is 2.48. The molecule has 0 spiro atoms. The van der Waals surface area contributed by atoms with Gasteiger partial charge in [0.05, 0.1) is 5.41 Å². The molecule has 1 aromatic heterocycles. The van der Waals surface area contributed by atoms with Crippen LogP contribution in [0.3, 0.4) is 0 Å². The van der Waals surface area contributed by atoms with Gasteiger partial charge >= 0.3 is 0 Å². The predicted octanol–water partition coefficient (Wildman–Crippen LogP) is 2.97. The van der Waals surface area contributed by atoms with Crippen LogP contribution in [0.15, 0.2) is 36.5 Å². The van der Waals surface area contributed by atoms with Gasteiger partial charge in [-0.2, -0.15) is 0 Å². The van der Waals surface area contributed by atoms with Crippen LogP contribution in [-0.4, -0.2) is 33.9 Å². The van der Waals surface area contributed by atoms with Gasteiger partial charge < -0.3 is 4.90 Å². The number of likely N-dealkylation sites (tertiary alicyclic amines) is 1. The monoisotopic (exact) mass is 325 g/mol. The maximum absolute atomic E-state index is 14.2. The molecule has 0 bridgehead atoms. The van der Waals surface area contributed by atoms with Crippen molar-refractivity contribution in [3.63, 3.8) is 0 Å². The first kappa shape index (κ1) is 15.2. The summed E-state index contributed by atoms with van der Waals surface area (Å²) >= 11 is 0. The van der Waals surface area contributed by atoms with Crippen LogP contribution in [0.4, 0.5) is 4.39 Å². The molecular formula is C19H20FN3O. The fourth-order valence-electron chi connectivity index (χ4n) is 3.70. The lowest BCUT2D eigenvalue weighted by molar-refractivity contribution is -0.133. The largest absolute Gasteiger partial charge is 0.341 e. The minimum absolute atomic E-state index is 0.0581. The van der Waals surface area contributed by atoms with Crippen LogP contribution in [0, 0.1) is 12.7 Å². The minimum Gasteiger partial charge on any atom is -0.341 e. The zero-order valence-electron chi connectivity index (χ0n) is 13.7. The van der Waals surface area contributed by atoms with Crippen LogP contribution in [0.2, 0.25) is 0 Å². The fraction of sp³-hybridized carbons (Fsp3) is 0.421. The van der Waals surface area contributed by atoms with Gasteiger partial charge in [0.25, 0.3) is 0 Å². The summed E-state index contributed by atoms with van der Waals surface area (Å²) in [6.07, 6.45) is 4.09. The number of hydrogen-bond donors (Lipinski definition) is 0. The number of amides is 1. The number of nitrogens with zero attached hydrogens (tertiary/aromatic N) is 3. The van der Waals surface area contributed by atoms with Crippen molar-refractivity contribution in [2.24, 2.45) is 0 Å². The number of carbonyl (C=O) groups excluding carboxylic acids is 1. The maximum Gasteiger partial charge on any atom is 0.233 e. The van der Waals surface area contributed by atoms with E-state index in [2.05, 4.69) is 9.97 Å². The quantitative estimate of drug-likeness (QED) is 0.871. The fourth-order valence-corrected chi connectivity index (χ4v) is 3.70. The van der Waals surface area contributed by atoms with Crippen LogP contribution in [0.1, 0.15) is 42.3 Å². The molecule has 1 atom stereocenters. The minimum atomic E-state index is -0.645. The van der Waals surface area contributed by atoms with E-state index in [0.29, 0.717) is 18.7 Å². The molecular weight excluding hydrogens is 305 g/mol. The molecule has 2 heterocycles. The summed E-state index contributed by atoms with van der Waals surface area (Å²) in [7, 11) is 0. The third-order valence-electron chi connectivity index (χ3n) is 5.20. The highest BCUT2D eigenvalue weighted by Crippen LogP contribution is 2.51. The van der Waals surface area contributed by atoms with Crippen molar-refractivity contribution >= 4 is 5.91 Å². The first-order valence-corrected chi connectivity index (χ1v) is 8.44. The number of halogens is 1. The van der Waals surface area contributed by atoms with Crippen molar-refractivity contribution in [2.75, 3.05) is 13.1 Å². The van der Waals surface area contributed by atoms with E-state index in [4.69, 9.17) is 0 Å². The molecule has 0 radical (unpaired) electrons. The van der Waals surface area contributed by atoms with Gasteiger partial charge in [-0.1, -0.05) is 18.2 Å². The van der Waals surface area contributed by atoms with Gasteiger partial charge in [-0.05, 0) is 38.3 Å². The molecule has 1 aliphatic heterocycles. The maximum atomic E-state index is 14.2. The smallest absolute Gasteiger partial charge is 0.233 e. The molecule has 4 rings (SSSR count). The third-order valence-corrected chi connectivity index (χ3v) is 5.20. The Morgan fingerprint density at radius 2 is 2.08 bits per heavy atom. The van der Waals surface area contributed by atoms with E-state index in [1.807, 2.05) is 17.9 Å². The Balaban J connectivity index is 1.53. The lowest BCUT2D eigenvalue weighted by Gasteiger charge is -2.24. The summed E-state index contributed by atoms with van der Waals surface area (Å²) in [5.74, 6) is 0.759. The van der Waals surface area contributed by atoms with Crippen molar-refractivity contribution in [1.29, 1.82) is 0 Å². The first-order chi connectivity index (χ1) is 11.6. The van der Waals surface area contributed by atoms with Crippen molar-refractivity contribution in [3.8, 4) is 0 Å². The molecule has 124 valence electrons. The van der Waals surface area contributed by atoms with Crippen LogP contribution in [0.5, 0.6) is 0 Å². The molecule has 24 heavy (non-hydrogen) atoms. The van der Waals surface area contributed by atoms with E-state index in [9.17, 15) is 9.18 Å².